The fourth-order valence-corrected chi connectivity index (χ4v) is 8.36. The molecule has 3 heterocycles. The maximum absolute atomic E-state index is 14.3. The van der Waals surface area contributed by atoms with Crippen LogP contribution in [0.4, 0.5) is 0 Å². The third-order valence-corrected chi connectivity index (χ3v) is 11.7. The van der Waals surface area contributed by atoms with E-state index in [0.717, 1.165) is 5.56 Å². The Balaban J connectivity index is 1.56. The summed E-state index contributed by atoms with van der Waals surface area (Å²) in [4.78, 5) is 96.4. The molecule has 1 saturated heterocycles. The molecule has 4 rings (SSSR count). The summed E-state index contributed by atoms with van der Waals surface area (Å²) in [5.74, 6) is -4.34. The zero-order valence-corrected chi connectivity index (χ0v) is 37.4. The maximum atomic E-state index is 14.3. The summed E-state index contributed by atoms with van der Waals surface area (Å²) < 4.78 is 29.8. The summed E-state index contributed by atoms with van der Waals surface area (Å²) in [6.07, 6.45) is 4.77. The van der Waals surface area contributed by atoms with E-state index in [-0.39, 0.29) is 37.7 Å². The van der Waals surface area contributed by atoms with E-state index < -0.39 is 85.8 Å². The van der Waals surface area contributed by atoms with Gasteiger partial charge in [-0.1, -0.05) is 44.2 Å². The van der Waals surface area contributed by atoms with E-state index in [4.69, 9.17) is 19.2 Å². The van der Waals surface area contributed by atoms with Crippen LogP contribution >= 0.6 is 7.82 Å². The number of phosphoric acid groups is 1. The van der Waals surface area contributed by atoms with Gasteiger partial charge in [-0.3, -0.25) is 37.8 Å². The van der Waals surface area contributed by atoms with Crippen molar-refractivity contribution in [3.8, 4) is 0 Å². The van der Waals surface area contributed by atoms with Gasteiger partial charge in [0.25, 0.3) is 0 Å². The van der Waals surface area contributed by atoms with Crippen molar-refractivity contribution in [2.24, 2.45) is 11.7 Å². The lowest BCUT2D eigenvalue weighted by molar-refractivity contribution is -0.139. The van der Waals surface area contributed by atoms with E-state index in [1.807, 2.05) is 62.6 Å². The number of aliphatic hydroxyl groups excluding tert-OH is 1. The monoisotopic (exact) mass is 900 g/mol. The molecule has 1 fully saturated rings. The largest absolute Gasteiger partial charge is 0.472 e. The number of phosphoric ester groups is 1. The second-order valence-corrected chi connectivity index (χ2v) is 18.0. The topological polar surface area (TPSA) is 287 Å². The number of aromatic nitrogens is 2. The lowest BCUT2D eigenvalue weighted by atomic mass is 9.94. The summed E-state index contributed by atoms with van der Waals surface area (Å²) in [5, 5.41) is 20.6. The first kappa shape index (κ1) is 50.2. The molecule has 1 aliphatic heterocycles. The van der Waals surface area contributed by atoms with Crippen LogP contribution in [0.1, 0.15) is 77.8 Å². The Morgan fingerprint density at radius 2 is 1.63 bits per heavy atom. The smallest absolute Gasteiger partial charge is 0.469 e. The van der Waals surface area contributed by atoms with Gasteiger partial charge in [-0.15, -0.1) is 0 Å². The molecule has 1 aromatic carbocycles. The molecule has 6 amide bonds. The number of imidazole rings is 1. The molecule has 346 valence electrons. The number of hydrogen-bond acceptors (Lipinski definition) is 12. The van der Waals surface area contributed by atoms with Crippen molar-refractivity contribution in [1.82, 2.24) is 35.7 Å². The highest BCUT2D eigenvalue weighted by atomic mass is 31.2. The lowest BCUT2D eigenvalue weighted by Crippen LogP contribution is -2.61. The molecule has 0 aliphatic carbocycles. The first-order valence-corrected chi connectivity index (χ1v) is 22.3. The highest BCUT2D eigenvalue weighted by Gasteiger charge is 2.38. The number of likely N-dealkylation sites (tertiary alicyclic amines) is 1. The number of amides is 6. The number of carbonyl (C=O) groups excluding carboxylic acids is 6. The molecule has 0 spiro atoms. The van der Waals surface area contributed by atoms with Crippen LogP contribution in [0.3, 0.4) is 0 Å². The molecule has 0 radical (unpaired) electrons. The maximum Gasteiger partial charge on any atom is 0.472 e. The standard InChI is InChI=1S/C42H61N8O12P/c1-26(2)20-32(46-41(57)35-15-10-17-49(35)28(4)52)38(54)45-33(21-30-23-44-25-50(30)42(5,6)22-29-12-8-7-9-13-29)39(55)47-34(24-51)40(56)48-36(37(43)53)27(3)62-63(58,59)61-19-16-31-14-11-18-60-31/h7-9,11-14,18,23,25-27,32-36,51H,10,15-17,19-22,24H2,1-6H3,(H2,43,53)(H,45,54)(H,46,57)(H,47,55)(H,48,56)(H,58,59). The number of nitrogens with zero attached hydrogens (tertiary/aromatic N) is 3. The molecular weight excluding hydrogens is 839 g/mol. The predicted octanol–water partition coefficient (Wildman–Crippen LogP) is 1.24. The van der Waals surface area contributed by atoms with Gasteiger partial charge in [0.15, 0.2) is 0 Å². The molecule has 7 atom stereocenters. The van der Waals surface area contributed by atoms with Crippen LogP contribution in [0.15, 0.2) is 65.7 Å². The van der Waals surface area contributed by atoms with E-state index in [2.05, 4.69) is 26.3 Å². The van der Waals surface area contributed by atoms with Crippen LogP contribution in [-0.4, -0.2) is 116 Å². The van der Waals surface area contributed by atoms with Crippen LogP contribution in [0, 0.1) is 5.92 Å². The Kier molecular flexibility index (Phi) is 18.2. The van der Waals surface area contributed by atoms with Crippen molar-refractivity contribution < 1.29 is 56.8 Å². The minimum absolute atomic E-state index is 0.0962. The predicted molar refractivity (Wildman–Crippen MR) is 228 cm³/mol. The average Bonchev–Trinajstić information content (AvgIpc) is 4.01. The highest BCUT2D eigenvalue weighted by Crippen LogP contribution is 2.45. The van der Waals surface area contributed by atoms with Gasteiger partial charge < -0.3 is 50.9 Å². The number of nitrogens with two attached hydrogens (primary N) is 1. The van der Waals surface area contributed by atoms with Crippen molar-refractivity contribution >= 4 is 43.3 Å². The quantitative estimate of drug-likeness (QED) is 0.0624. The summed E-state index contributed by atoms with van der Waals surface area (Å²) in [6, 6.07) is 6.17. The van der Waals surface area contributed by atoms with Gasteiger partial charge in [-0.25, -0.2) is 9.55 Å². The second kappa shape index (κ2) is 22.8. The van der Waals surface area contributed by atoms with E-state index >= 15 is 0 Å². The van der Waals surface area contributed by atoms with Gasteiger partial charge >= 0.3 is 7.82 Å². The van der Waals surface area contributed by atoms with Gasteiger partial charge in [-0.2, -0.15) is 0 Å². The van der Waals surface area contributed by atoms with Crippen molar-refractivity contribution in [3.05, 3.63) is 78.3 Å². The van der Waals surface area contributed by atoms with Crippen molar-refractivity contribution in [3.63, 3.8) is 0 Å². The van der Waals surface area contributed by atoms with Gasteiger partial charge in [0, 0.05) is 43.7 Å². The number of benzene rings is 1. The van der Waals surface area contributed by atoms with Crippen molar-refractivity contribution in [2.45, 2.75) is 122 Å². The molecule has 0 saturated carbocycles. The molecule has 8 N–H and O–H groups in total. The minimum atomic E-state index is -4.80. The molecular formula is C42H61N8O12P. The van der Waals surface area contributed by atoms with Crippen LogP contribution < -0.4 is 27.0 Å². The van der Waals surface area contributed by atoms with E-state index in [1.54, 1.807) is 24.7 Å². The molecule has 1 aliphatic rings. The Morgan fingerprint density at radius 3 is 2.25 bits per heavy atom. The van der Waals surface area contributed by atoms with E-state index in [0.29, 0.717) is 37.3 Å². The molecule has 3 aromatic rings. The normalized spacial score (nSPS) is 17.5. The molecule has 20 nitrogen and oxygen atoms in total. The number of carbonyl (C=O) groups is 6. The zero-order valence-electron chi connectivity index (χ0n) is 36.5. The van der Waals surface area contributed by atoms with Crippen LogP contribution in [0.5, 0.6) is 0 Å². The molecule has 63 heavy (non-hydrogen) atoms. The van der Waals surface area contributed by atoms with Gasteiger partial charge in [0.05, 0.1) is 31.9 Å². The minimum Gasteiger partial charge on any atom is -0.469 e. The van der Waals surface area contributed by atoms with Crippen molar-refractivity contribution in [2.75, 3.05) is 19.8 Å². The Morgan fingerprint density at radius 1 is 0.968 bits per heavy atom. The third kappa shape index (κ3) is 14.8. The number of hydrogen-bond donors (Lipinski definition) is 7. The van der Waals surface area contributed by atoms with Gasteiger partial charge in [-0.05, 0) is 70.1 Å². The first-order valence-electron chi connectivity index (χ1n) is 20.8. The average molecular weight is 901 g/mol. The fraction of sp³-hybridized carbons (Fsp3) is 0.548. The summed E-state index contributed by atoms with van der Waals surface area (Å²) in [7, 11) is -4.80. The van der Waals surface area contributed by atoms with Crippen LogP contribution in [0.2, 0.25) is 0 Å². The molecule has 0 bridgehead atoms. The van der Waals surface area contributed by atoms with E-state index in [9.17, 15) is 43.3 Å². The lowest BCUT2D eigenvalue weighted by Gasteiger charge is -2.31. The van der Waals surface area contributed by atoms with Gasteiger partial charge in [0.1, 0.15) is 36.0 Å². The molecule has 21 heteroatoms. The Labute approximate surface area is 366 Å². The number of primary amides is 1. The number of nitrogens with one attached hydrogen (secondary N) is 4. The van der Waals surface area contributed by atoms with Crippen LogP contribution in [0.25, 0.3) is 0 Å². The summed E-state index contributed by atoms with van der Waals surface area (Å²) in [6.45, 7) is 9.35. The number of aliphatic hydroxyl groups is 1. The van der Waals surface area contributed by atoms with E-state index in [1.165, 1.54) is 25.0 Å². The molecule has 2 aromatic heterocycles. The SMILES string of the molecule is CC(=O)N1CCCC1C(=O)NC(CC(C)C)C(=O)NC(Cc1cncn1C(C)(C)Cc1ccccc1)C(=O)NC(CO)C(=O)NC(C(N)=O)C(C)OP(=O)(O)OCCc1ccco1. The van der Waals surface area contributed by atoms with Gasteiger partial charge in [0.2, 0.25) is 35.4 Å². The first-order chi connectivity index (χ1) is 29.7. The zero-order chi connectivity index (χ0) is 46.5. The van der Waals surface area contributed by atoms with Crippen molar-refractivity contribution in [1.29, 1.82) is 0 Å². The fourth-order valence-electron chi connectivity index (χ4n) is 7.43. The second-order valence-electron chi connectivity index (χ2n) is 16.6. The Hall–Kier alpha value is -5.40. The highest BCUT2D eigenvalue weighted by molar-refractivity contribution is 7.47. The van der Waals surface area contributed by atoms with Crippen LogP contribution in [-0.2, 0) is 67.2 Å². The number of rotatable bonds is 24. The summed E-state index contributed by atoms with van der Waals surface area (Å²) in [5.41, 5.74) is 6.50. The molecule has 7 unspecified atom stereocenters. The summed E-state index contributed by atoms with van der Waals surface area (Å²) >= 11 is 0. The Bertz CT molecular complexity index is 2060. The third-order valence-electron chi connectivity index (χ3n) is 10.6. The number of furan rings is 1.